The summed E-state index contributed by atoms with van der Waals surface area (Å²) in [5, 5.41) is 8.94. The molecule has 1 atom stereocenters. The van der Waals surface area contributed by atoms with E-state index < -0.39 is 11.9 Å². The summed E-state index contributed by atoms with van der Waals surface area (Å²) in [6, 6.07) is 5.79. The highest BCUT2D eigenvalue weighted by molar-refractivity contribution is 6.07. The van der Waals surface area contributed by atoms with Crippen molar-refractivity contribution < 1.29 is 19.5 Å². The first kappa shape index (κ1) is 10.3. The molecule has 1 rings (SSSR count). The van der Waals surface area contributed by atoms with Crippen LogP contribution in [0, 0.1) is 0 Å². The maximum Gasteiger partial charge on any atom is 0.198 e. The van der Waals surface area contributed by atoms with Gasteiger partial charge in [0.1, 0.15) is 6.29 Å². The molecule has 0 saturated heterocycles. The molecule has 0 amide bonds. The third kappa shape index (κ3) is 2.11. The van der Waals surface area contributed by atoms with Crippen molar-refractivity contribution in [1.29, 1.82) is 0 Å². The smallest absolute Gasteiger partial charge is 0.198 e. The molecule has 1 aromatic carbocycles. The van der Waals surface area contributed by atoms with Crippen molar-refractivity contribution in [3.05, 3.63) is 35.4 Å². The highest BCUT2D eigenvalue weighted by Gasteiger charge is 2.15. The number of aliphatic hydroxyl groups is 1. The molecular weight excluding hydrogens is 184 g/mol. The lowest BCUT2D eigenvalue weighted by Crippen LogP contribution is -2.21. The van der Waals surface area contributed by atoms with E-state index in [-0.39, 0.29) is 11.8 Å². The molecule has 0 aliphatic heterocycles. The fourth-order valence-corrected chi connectivity index (χ4v) is 0.998. The summed E-state index contributed by atoms with van der Waals surface area (Å²) < 4.78 is 0. The number of ketones is 1. The van der Waals surface area contributed by atoms with Crippen LogP contribution in [0.1, 0.15) is 20.7 Å². The monoisotopic (exact) mass is 192 g/mol. The van der Waals surface area contributed by atoms with Gasteiger partial charge in [0.15, 0.2) is 18.2 Å². The first-order valence-corrected chi connectivity index (χ1v) is 3.92. The molecule has 1 unspecified atom stereocenters. The average molecular weight is 192 g/mol. The summed E-state index contributed by atoms with van der Waals surface area (Å²) in [5.41, 5.74) is 0.475. The van der Waals surface area contributed by atoms with E-state index in [9.17, 15) is 14.4 Å². The highest BCUT2D eigenvalue weighted by atomic mass is 16.3. The minimum absolute atomic E-state index is 0.147. The van der Waals surface area contributed by atoms with Crippen LogP contribution in [0.3, 0.4) is 0 Å². The van der Waals surface area contributed by atoms with Gasteiger partial charge in [0.2, 0.25) is 0 Å². The normalized spacial score (nSPS) is 11.8. The van der Waals surface area contributed by atoms with Gasteiger partial charge in [0.25, 0.3) is 0 Å². The Kier molecular flexibility index (Phi) is 3.25. The quantitative estimate of drug-likeness (QED) is 0.421. The van der Waals surface area contributed by atoms with Gasteiger partial charge < -0.3 is 5.11 Å². The van der Waals surface area contributed by atoms with E-state index in [0.29, 0.717) is 11.8 Å². The summed E-state index contributed by atoms with van der Waals surface area (Å²) in [4.78, 5) is 31.8. The van der Waals surface area contributed by atoms with Crippen LogP contribution in [0.25, 0.3) is 0 Å². The second-order valence-corrected chi connectivity index (χ2v) is 2.69. The Balaban J connectivity index is 3.00. The molecule has 0 heterocycles. The Morgan fingerprint density at radius 2 is 2.07 bits per heavy atom. The predicted molar refractivity (Wildman–Crippen MR) is 48.2 cm³/mol. The van der Waals surface area contributed by atoms with E-state index in [0.717, 1.165) is 0 Å². The first-order chi connectivity index (χ1) is 6.69. The molecule has 0 bridgehead atoms. The zero-order valence-electron chi connectivity index (χ0n) is 7.21. The molecule has 1 N–H and O–H groups in total. The van der Waals surface area contributed by atoms with Crippen molar-refractivity contribution in [3.63, 3.8) is 0 Å². The van der Waals surface area contributed by atoms with Gasteiger partial charge in [-0.25, -0.2) is 0 Å². The maximum atomic E-state index is 11.2. The molecule has 0 saturated carbocycles. The largest absolute Gasteiger partial charge is 0.377 e. The standard InChI is InChI=1S/C10H8O4/c11-5-7-2-1-3-8(4-7)10(14)9(13)6-12/h1-6,9,13H. The number of aldehydes is 2. The van der Waals surface area contributed by atoms with Gasteiger partial charge in [-0.3, -0.25) is 14.4 Å². The number of aliphatic hydroxyl groups excluding tert-OH is 1. The molecule has 0 aliphatic carbocycles. The van der Waals surface area contributed by atoms with Crippen molar-refractivity contribution in [2.24, 2.45) is 0 Å². The number of rotatable bonds is 4. The van der Waals surface area contributed by atoms with Gasteiger partial charge in [0.05, 0.1) is 0 Å². The van der Waals surface area contributed by atoms with Gasteiger partial charge in [-0.15, -0.1) is 0 Å². The second-order valence-electron chi connectivity index (χ2n) is 2.69. The third-order valence-electron chi connectivity index (χ3n) is 1.70. The Labute approximate surface area is 80.2 Å². The number of Topliss-reactive ketones (excluding diaryl/α,β-unsaturated/α-hetero) is 1. The Hall–Kier alpha value is -1.81. The number of hydrogen-bond donors (Lipinski definition) is 1. The van der Waals surface area contributed by atoms with Crippen LogP contribution < -0.4 is 0 Å². The van der Waals surface area contributed by atoms with Gasteiger partial charge in [-0.05, 0) is 6.07 Å². The lowest BCUT2D eigenvalue weighted by molar-refractivity contribution is -0.112. The molecule has 0 aliphatic rings. The fourth-order valence-electron chi connectivity index (χ4n) is 0.998. The molecule has 0 radical (unpaired) electrons. The van der Waals surface area contributed by atoms with Crippen LogP contribution >= 0.6 is 0 Å². The zero-order valence-corrected chi connectivity index (χ0v) is 7.21. The second kappa shape index (κ2) is 4.43. The third-order valence-corrected chi connectivity index (χ3v) is 1.70. The molecule has 14 heavy (non-hydrogen) atoms. The van der Waals surface area contributed by atoms with Gasteiger partial charge in [-0.2, -0.15) is 0 Å². The SMILES string of the molecule is O=Cc1cccc(C(=O)C(O)C=O)c1. The van der Waals surface area contributed by atoms with Crippen molar-refractivity contribution in [1.82, 2.24) is 0 Å². The zero-order chi connectivity index (χ0) is 10.6. The fraction of sp³-hybridized carbons (Fsp3) is 0.100. The van der Waals surface area contributed by atoms with Crippen molar-refractivity contribution in [2.45, 2.75) is 6.10 Å². The summed E-state index contributed by atoms with van der Waals surface area (Å²) >= 11 is 0. The lowest BCUT2D eigenvalue weighted by Gasteiger charge is -2.02. The molecular formula is C10H8O4. The van der Waals surface area contributed by atoms with Crippen LogP contribution in [-0.2, 0) is 4.79 Å². The van der Waals surface area contributed by atoms with Crippen molar-refractivity contribution >= 4 is 18.4 Å². The summed E-state index contributed by atoms with van der Waals surface area (Å²) in [5.74, 6) is -0.705. The molecule has 1 aromatic rings. The Morgan fingerprint density at radius 3 is 2.64 bits per heavy atom. The van der Waals surface area contributed by atoms with Gasteiger partial charge >= 0.3 is 0 Å². The summed E-state index contributed by atoms with van der Waals surface area (Å²) in [7, 11) is 0. The minimum Gasteiger partial charge on any atom is -0.377 e. The Bertz CT molecular complexity index is 370. The van der Waals surface area contributed by atoms with Crippen LogP contribution in [0.15, 0.2) is 24.3 Å². The van der Waals surface area contributed by atoms with E-state index in [1.807, 2.05) is 0 Å². The highest BCUT2D eigenvalue weighted by Crippen LogP contribution is 2.05. The van der Waals surface area contributed by atoms with E-state index >= 15 is 0 Å². The molecule has 4 nitrogen and oxygen atoms in total. The van der Waals surface area contributed by atoms with E-state index in [1.54, 1.807) is 0 Å². The van der Waals surface area contributed by atoms with Gasteiger partial charge in [0, 0.05) is 11.1 Å². The maximum absolute atomic E-state index is 11.2. The number of benzene rings is 1. The van der Waals surface area contributed by atoms with Crippen LogP contribution in [0.4, 0.5) is 0 Å². The van der Waals surface area contributed by atoms with Gasteiger partial charge in [-0.1, -0.05) is 18.2 Å². The number of hydrogen-bond acceptors (Lipinski definition) is 4. The van der Waals surface area contributed by atoms with Crippen LogP contribution in [0.2, 0.25) is 0 Å². The van der Waals surface area contributed by atoms with Crippen LogP contribution in [0.5, 0.6) is 0 Å². The molecule has 72 valence electrons. The topological polar surface area (TPSA) is 71.4 Å². The first-order valence-electron chi connectivity index (χ1n) is 3.92. The van der Waals surface area contributed by atoms with Crippen molar-refractivity contribution in [2.75, 3.05) is 0 Å². The van der Waals surface area contributed by atoms with E-state index in [2.05, 4.69) is 0 Å². The molecule has 0 aromatic heterocycles. The molecule has 0 fully saturated rings. The summed E-state index contributed by atoms with van der Waals surface area (Å²) in [6.45, 7) is 0. The predicted octanol–water partition coefficient (Wildman–Crippen LogP) is 0.242. The average Bonchev–Trinajstić information content (AvgIpc) is 2.27. The van der Waals surface area contributed by atoms with Crippen molar-refractivity contribution in [3.8, 4) is 0 Å². The lowest BCUT2D eigenvalue weighted by atomic mass is 10.0. The van der Waals surface area contributed by atoms with Crippen LogP contribution in [-0.4, -0.2) is 29.6 Å². The number of carbonyl (C=O) groups excluding carboxylic acids is 3. The molecule has 4 heteroatoms. The number of carbonyl (C=O) groups is 3. The minimum atomic E-state index is -1.66. The van der Waals surface area contributed by atoms with E-state index in [1.165, 1.54) is 24.3 Å². The summed E-state index contributed by atoms with van der Waals surface area (Å²) in [6.07, 6.45) is -0.920. The van der Waals surface area contributed by atoms with E-state index in [4.69, 9.17) is 5.11 Å². The Morgan fingerprint density at radius 1 is 1.36 bits per heavy atom. The molecule has 0 spiro atoms.